The first-order chi connectivity index (χ1) is 7.62. The van der Waals surface area contributed by atoms with Crippen molar-refractivity contribution in [1.82, 2.24) is 9.97 Å². The minimum absolute atomic E-state index is 0.0368. The lowest BCUT2D eigenvalue weighted by Gasteiger charge is -2.11. The number of anilines is 1. The second-order valence-corrected chi connectivity index (χ2v) is 2.92. The third kappa shape index (κ3) is 2.60. The quantitative estimate of drug-likeness (QED) is 0.637. The van der Waals surface area contributed by atoms with Crippen LogP contribution in [0.25, 0.3) is 0 Å². The molecule has 0 aliphatic rings. The van der Waals surface area contributed by atoms with Crippen LogP contribution in [0.15, 0.2) is 12.7 Å². The molecule has 0 aromatic carbocycles. The van der Waals surface area contributed by atoms with Crippen molar-refractivity contribution in [2.75, 3.05) is 19.5 Å². The summed E-state index contributed by atoms with van der Waals surface area (Å²) in [4.78, 5) is 18.8. The molecule has 0 saturated heterocycles. The number of hydrogen-bond donors (Lipinski definition) is 1. The highest BCUT2D eigenvalue weighted by Crippen LogP contribution is 2.32. The van der Waals surface area contributed by atoms with E-state index < -0.39 is 5.91 Å². The fraction of sp³-hybridized carbons (Fsp3) is 0.222. The average Bonchev–Trinajstić information content (AvgIpc) is 2.30. The van der Waals surface area contributed by atoms with Crippen molar-refractivity contribution in [2.24, 2.45) is 0 Å². The van der Waals surface area contributed by atoms with E-state index in [0.29, 0.717) is 0 Å². The summed E-state index contributed by atoms with van der Waals surface area (Å²) >= 11 is 5.63. The van der Waals surface area contributed by atoms with Gasteiger partial charge >= 0.3 is 0 Å². The number of rotatable bonds is 4. The van der Waals surface area contributed by atoms with E-state index in [1.54, 1.807) is 0 Å². The lowest BCUT2D eigenvalue weighted by atomic mass is 10.4. The number of aromatic nitrogens is 2. The molecule has 1 heterocycles. The Morgan fingerprint density at radius 1 is 1.38 bits per heavy atom. The van der Waals surface area contributed by atoms with Gasteiger partial charge in [-0.2, -0.15) is 9.97 Å². The van der Waals surface area contributed by atoms with Crippen LogP contribution in [-0.4, -0.2) is 30.1 Å². The fourth-order valence-electron chi connectivity index (χ4n) is 0.972. The van der Waals surface area contributed by atoms with Gasteiger partial charge in [-0.05, 0) is 17.7 Å². The van der Waals surface area contributed by atoms with Gasteiger partial charge in [0.15, 0.2) is 5.69 Å². The van der Waals surface area contributed by atoms with Crippen molar-refractivity contribution in [1.29, 1.82) is 0 Å². The molecule has 0 aliphatic carbocycles. The van der Waals surface area contributed by atoms with Crippen LogP contribution in [0.2, 0.25) is 5.28 Å². The lowest BCUT2D eigenvalue weighted by molar-refractivity contribution is -0.111. The molecule has 0 radical (unpaired) electrons. The smallest absolute Gasteiger partial charge is 0.248 e. The largest absolute Gasteiger partial charge is 0.479 e. The maximum atomic E-state index is 11.2. The van der Waals surface area contributed by atoms with E-state index in [2.05, 4.69) is 21.9 Å². The minimum atomic E-state index is -0.428. The zero-order chi connectivity index (χ0) is 12.1. The van der Waals surface area contributed by atoms with Gasteiger partial charge in [-0.3, -0.25) is 4.79 Å². The fourth-order valence-corrected chi connectivity index (χ4v) is 1.13. The molecule has 86 valence electrons. The first-order valence-electron chi connectivity index (χ1n) is 4.21. The molecule has 1 N–H and O–H groups in total. The summed E-state index contributed by atoms with van der Waals surface area (Å²) in [5.41, 5.74) is 0.208. The Morgan fingerprint density at radius 3 is 2.25 bits per heavy atom. The van der Waals surface area contributed by atoms with Gasteiger partial charge in [0, 0.05) is 0 Å². The highest BCUT2D eigenvalue weighted by molar-refractivity contribution is 6.28. The number of ether oxygens (including phenoxy) is 2. The number of carbonyl (C=O) groups excluding carboxylic acids is 1. The standard InChI is InChI=1S/C9H10ClN3O3/c1-4-5(14)11-6-7(15-2)12-9(10)13-8(6)16-3/h4H,1H2,2-3H3,(H,11,14). The Balaban J connectivity index is 3.21. The van der Waals surface area contributed by atoms with Crippen LogP contribution in [0.1, 0.15) is 0 Å². The summed E-state index contributed by atoms with van der Waals surface area (Å²) < 4.78 is 9.90. The summed E-state index contributed by atoms with van der Waals surface area (Å²) in [5, 5.41) is 2.43. The second-order valence-electron chi connectivity index (χ2n) is 2.58. The number of hydrogen-bond acceptors (Lipinski definition) is 5. The Bertz CT molecular complexity index is 397. The van der Waals surface area contributed by atoms with Gasteiger partial charge in [0.05, 0.1) is 14.2 Å². The van der Waals surface area contributed by atoms with E-state index in [1.165, 1.54) is 14.2 Å². The number of amides is 1. The molecule has 0 atom stereocenters. The lowest BCUT2D eigenvalue weighted by Crippen LogP contribution is -2.11. The number of nitrogens with zero attached hydrogens (tertiary/aromatic N) is 2. The summed E-state index contributed by atoms with van der Waals surface area (Å²) in [5.74, 6) is -0.193. The summed E-state index contributed by atoms with van der Waals surface area (Å²) in [7, 11) is 2.78. The molecule has 0 fully saturated rings. The zero-order valence-corrected chi connectivity index (χ0v) is 9.54. The molecule has 1 rings (SSSR count). The number of halogens is 1. The molecule has 0 saturated carbocycles. The highest BCUT2D eigenvalue weighted by atomic mass is 35.5. The predicted molar refractivity (Wildman–Crippen MR) is 59.0 cm³/mol. The van der Waals surface area contributed by atoms with Crippen LogP contribution in [-0.2, 0) is 4.79 Å². The van der Waals surface area contributed by atoms with E-state index in [-0.39, 0.29) is 22.7 Å². The maximum absolute atomic E-state index is 11.2. The van der Waals surface area contributed by atoms with E-state index in [4.69, 9.17) is 21.1 Å². The monoisotopic (exact) mass is 243 g/mol. The Hall–Kier alpha value is -1.82. The minimum Gasteiger partial charge on any atom is -0.479 e. The number of nitrogens with one attached hydrogen (secondary N) is 1. The molecule has 7 heteroatoms. The van der Waals surface area contributed by atoms with E-state index >= 15 is 0 Å². The van der Waals surface area contributed by atoms with Crippen LogP contribution >= 0.6 is 11.6 Å². The topological polar surface area (TPSA) is 73.3 Å². The normalized spacial score (nSPS) is 9.44. The van der Waals surface area contributed by atoms with Crippen molar-refractivity contribution in [3.05, 3.63) is 17.9 Å². The van der Waals surface area contributed by atoms with Gasteiger partial charge in [0.1, 0.15) is 0 Å². The van der Waals surface area contributed by atoms with Gasteiger partial charge in [-0.1, -0.05) is 6.58 Å². The van der Waals surface area contributed by atoms with Gasteiger partial charge in [-0.15, -0.1) is 0 Å². The number of methoxy groups -OCH3 is 2. The SMILES string of the molecule is C=CC(=O)Nc1c(OC)nc(Cl)nc1OC. The van der Waals surface area contributed by atoms with Crippen molar-refractivity contribution in [3.63, 3.8) is 0 Å². The zero-order valence-electron chi connectivity index (χ0n) is 8.78. The number of carbonyl (C=O) groups is 1. The van der Waals surface area contributed by atoms with E-state index in [0.717, 1.165) is 6.08 Å². The van der Waals surface area contributed by atoms with Gasteiger partial charge < -0.3 is 14.8 Å². The van der Waals surface area contributed by atoms with Crippen molar-refractivity contribution < 1.29 is 14.3 Å². The molecule has 0 unspecified atom stereocenters. The summed E-state index contributed by atoms with van der Waals surface area (Å²) in [6.07, 6.45) is 1.10. The maximum Gasteiger partial charge on any atom is 0.248 e. The van der Waals surface area contributed by atoms with E-state index in [9.17, 15) is 4.79 Å². The van der Waals surface area contributed by atoms with Crippen molar-refractivity contribution in [3.8, 4) is 11.8 Å². The second kappa shape index (κ2) is 5.32. The Kier molecular flexibility index (Phi) is 4.07. The molecule has 16 heavy (non-hydrogen) atoms. The molecule has 0 aliphatic heterocycles. The highest BCUT2D eigenvalue weighted by Gasteiger charge is 2.16. The first-order valence-corrected chi connectivity index (χ1v) is 4.59. The summed E-state index contributed by atoms with van der Waals surface area (Å²) in [6.45, 7) is 3.32. The van der Waals surface area contributed by atoms with Crippen molar-refractivity contribution in [2.45, 2.75) is 0 Å². The molecule has 1 aromatic rings. The Morgan fingerprint density at radius 2 is 1.88 bits per heavy atom. The van der Waals surface area contributed by atoms with E-state index in [1.807, 2.05) is 0 Å². The van der Waals surface area contributed by atoms with Crippen molar-refractivity contribution >= 4 is 23.2 Å². The molecule has 0 bridgehead atoms. The molecule has 1 aromatic heterocycles. The molecular weight excluding hydrogens is 234 g/mol. The predicted octanol–water partition coefficient (Wildman–Crippen LogP) is 1.27. The molecule has 1 amide bonds. The van der Waals surface area contributed by atoms with Crippen LogP contribution < -0.4 is 14.8 Å². The van der Waals surface area contributed by atoms with Crippen LogP contribution in [0, 0.1) is 0 Å². The Labute approximate surface area is 97.2 Å². The molecule has 6 nitrogen and oxygen atoms in total. The van der Waals surface area contributed by atoms with Gasteiger partial charge in [0.25, 0.3) is 0 Å². The van der Waals surface area contributed by atoms with Gasteiger partial charge in [0.2, 0.25) is 23.0 Å². The van der Waals surface area contributed by atoms with Crippen LogP contribution in [0.4, 0.5) is 5.69 Å². The first kappa shape index (κ1) is 12.3. The average molecular weight is 244 g/mol. The molecule has 0 spiro atoms. The van der Waals surface area contributed by atoms with Crippen LogP contribution in [0.3, 0.4) is 0 Å². The van der Waals surface area contributed by atoms with Gasteiger partial charge in [-0.25, -0.2) is 0 Å². The molecular formula is C9H10ClN3O3. The summed E-state index contributed by atoms with van der Waals surface area (Å²) in [6, 6.07) is 0. The van der Waals surface area contributed by atoms with Crippen LogP contribution in [0.5, 0.6) is 11.8 Å². The third-order valence-corrected chi connectivity index (χ3v) is 1.80. The third-order valence-electron chi connectivity index (χ3n) is 1.64.